The predicted molar refractivity (Wildman–Crippen MR) is 73.2 cm³/mol. The number of hydrogen-bond donors (Lipinski definition) is 1. The van der Waals surface area contributed by atoms with Gasteiger partial charge in [-0.15, -0.1) is 0 Å². The first-order valence-electron chi connectivity index (χ1n) is 5.40. The van der Waals surface area contributed by atoms with Crippen molar-refractivity contribution in [3.05, 3.63) is 58.6 Å². The van der Waals surface area contributed by atoms with Gasteiger partial charge in [-0.05, 0) is 24.3 Å². The van der Waals surface area contributed by atoms with Gasteiger partial charge in [0.15, 0.2) is 0 Å². The third-order valence-corrected chi connectivity index (χ3v) is 3.48. The van der Waals surface area contributed by atoms with Crippen LogP contribution in [0.1, 0.15) is 0 Å². The molecule has 0 amide bonds. The van der Waals surface area contributed by atoms with Crippen LogP contribution in [-0.4, -0.2) is 12.0 Å². The van der Waals surface area contributed by atoms with Gasteiger partial charge in [0.1, 0.15) is 5.69 Å². The van der Waals surface area contributed by atoms with E-state index in [1.165, 1.54) is 11.8 Å². The predicted octanol–water partition coefficient (Wildman–Crippen LogP) is 3.79. The van der Waals surface area contributed by atoms with Crippen LogP contribution in [0.15, 0.2) is 58.3 Å². The van der Waals surface area contributed by atoms with Crippen LogP contribution in [-0.2, 0) is 0 Å². The lowest BCUT2D eigenvalue weighted by molar-refractivity contribution is -0.386. The molecule has 0 atom stereocenters. The Balaban J connectivity index is 2.42. The van der Waals surface area contributed by atoms with Crippen molar-refractivity contribution < 1.29 is 4.92 Å². The molecule has 0 aliphatic rings. The Hall–Kier alpha value is -2.01. The topological polar surface area (TPSA) is 55.2 Å². The Morgan fingerprint density at radius 2 is 1.83 bits per heavy atom. The molecule has 2 aromatic carbocycles. The second-order valence-electron chi connectivity index (χ2n) is 3.57. The molecule has 2 rings (SSSR count). The number of nitro benzene ring substituents is 1. The summed E-state index contributed by atoms with van der Waals surface area (Å²) in [4.78, 5) is 12.4. The maximum atomic E-state index is 11.1. The lowest BCUT2D eigenvalue weighted by atomic mass is 10.2. The fourth-order valence-corrected chi connectivity index (χ4v) is 2.59. The van der Waals surface area contributed by atoms with Crippen LogP contribution in [0.3, 0.4) is 0 Å². The van der Waals surface area contributed by atoms with E-state index in [-0.39, 0.29) is 10.6 Å². The third-order valence-electron chi connectivity index (χ3n) is 2.42. The highest BCUT2D eigenvalue weighted by molar-refractivity contribution is 7.99. The molecular weight excluding hydrogens is 248 g/mol. The molecule has 0 spiro atoms. The molecule has 2 aromatic rings. The summed E-state index contributed by atoms with van der Waals surface area (Å²) in [6.07, 6.45) is 0. The average molecular weight is 260 g/mol. The van der Waals surface area contributed by atoms with E-state index in [9.17, 15) is 10.1 Å². The molecular formula is C13H12N2O2S. The molecule has 0 fully saturated rings. The van der Waals surface area contributed by atoms with Crippen molar-refractivity contribution >= 4 is 23.1 Å². The van der Waals surface area contributed by atoms with Gasteiger partial charge in [0.2, 0.25) is 0 Å². The van der Waals surface area contributed by atoms with Crippen LogP contribution in [0, 0.1) is 10.1 Å². The lowest BCUT2D eigenvalue weighted by Gasteiger charge is -2.07. The van der Waals surface area contributed by atoms with E-state index in [2.05, 4.69) is 5.32 Å². The van der Waals surface area contributed by atoms with Gasteiger partial charge in [-0.2, -0.15) is 0 Å². The summed E-state index contributed by atoms with van der Waals surface area (Å²) >= 11 is 1.39. The van der Waals surface area contributed by atoms with E-state index in [1.54, 1.807) is 19.2 Å². The molecule has 0 heterocycles. The second kappa shape index (κ2) is 5.55. The van der Waals surface area contributed by atoms with Gasteiger partial charge in [0.05, 0.1) is 9.82 Å². The Morgan fingerprint density at radius 1 is 1.11 bits per heavy atom. The highest BCUT2D eigenvalue weighted by Crippen LogP contribution is 2.38. The zero-order chi connectivity index (χ0) is 13.0. The summed E-state index contributed by atoms with van der Waals surface area (Å²) in [5.41, 5.74) is 0.648. The first-order chi connectivity index (χ1) is 8.72. The molecule has 0 aromatic heterocycles. The molecule has 18 heavy (non-hydrogen) atoms. The number of nitrogens with one attached hydrogen (secondary N) is 1. The van der Waals surface area contributed by atoms with E-state index in [0.717, 1.165) is 4.90 Å². The SMILES string of the molecule is CNc1cccc(Sc2ccccc2)c1[N+](=O)[O-]. The largest absolute Gasteiger partial charge is 0.383 e. The van der Waals surface area contributed by atoms with Crippen LogP contribution < -0.4 is 5.32 Å². The summed E-state index contributed by atoms with van der Waals surface area (Å²) in [6.45, 7) is 0. The smallest absolute Gasteiger partial charge is 0.306 e. The van der Waals surface area contributed by atoms with Gasteiger partial charge in [-0.25, -0.2) is 0 Å². The normalized spacial score (nSPS) is 10.1. The average Bonchev–Trinajstić information content (AvgIpc) is 2.39. The number of para-hydroxylation sites is 1. The van der Waals surface area contributed by atoms with Gasteiger partial charge in [0, 0.05) is 11.9 Å². The third kappa shape index (κ3) is 2.62. The summed E-state index contributed by atoms with van der Waals surface area (Å²) in [5.74, 6) is 0. The number of nitrogens with zero attached hydrogens (tertiary/aromatic N) is 1. The highest BCUT2D eigenvalue weighted by atomic mass is 32.2. The van der Waals surface area contributed by atoms with Crippen molar-refractivity contribution in [1.29, 1.82) is 0 Å². The summed E-state index contributed by atoms with van der Waals surface area (Å²) in [6, 6.07) is 14.9. The minimum absolute atomic E-state index is 0.119. The van der Waals surface area contributed by atoms with Crippen molar-refractivity contribution in [3.63, 3.8) is 0 Å². The molecule has 1 N–H and O–H groups in total. The number of benzene rings is 2. The summed E-state index contributed by atoms with van der Waals surface area (Å²) in [5, 5.41) is 14.0. The van der Waals surface area contributed by atoms with Gasteiger partial charge < -0.3 is 5.32 Å². The highest BCUT2D eigenvalue weighted by Gasteiger charge is 2.19. The maximum Gasteiger partial charge on any atom is 0.306 e. The van der Waals surface area contributed by atoms with Crippen molar-refractivity contribution in [1.82, 2.24) is 0 Å². The van der Waals surface area contributed by atoms with E-state index in [1.807, 2.05) is 36.4 Å². The Kier molecular flexibility index (Phi) is 3.84. The molecule has 0 aliphatic carbocycles. The van der Waals surface area contributed by atoms with E-state index < -0.39 is 0 Å². The van der Waals surface area contributed by atoms with Crippen LogP contribution >= 0.6 is 11.8 Å². The van der Waals surface area contributed by atoms with Gasteiger partial charge in [0.25, 0.3) is 0 Å². The number of hydrogen-bond acceptors (Lipinski definition) is 4. The van der Waals surface area contributed by atoms with E-state index in [0.29, 0.717) is 10.6 Å². The van der Waals surface area contributed by atoms with Crippen LogP contribution in [0.4, 0.5) is 11.4 Å². The minimum atomic E-state index is -0.350. The van der Waals surface area contributed by atoms with E-state index in [4.69, 9.17) is 0 Å². The van der Waals surface area contributed by atoms with Gasteiger partial charge in [-0.3, -0.25) is 10.1 Å². The molecule has 0 unspecified atom stereocenters. The standard InChI is InChI=1S/C13H12N2O2S/c1-14-11-8-5-9-12(13(11)15(16)17)18-10-6-3-2-4-7-10/h2-9,14H,1H3. The minimum Gasteiger partial charge on any atom is -0.383 e. The number of rotatable bonds is 4. The van der Waals surface area contributed by atoms with Crippen molar-refractivity contribution in [3.8, 4) is 0 Å². The molecule has 4 nitrogen and oxygen atoms in total. The molecule has 0 radical (unpaired) electrons. The van der Waals surface area contributed by atoms with Crippen molar-refractivity contribution in [2.24, 2.45) is 0 Å². The molecule has 5 heteroatoms. The Bertz CT molecular complexity index is 558. The fraction of sp³-hybridized carbons (Fsp3) is 0.0769. The molecule has 92 valence electrons. The molecule has 0 bridgehead atoms. The first kappa shape index (κ1) is 12.4. The van der Waals surface area contributed by atoms with Crippen LogP contribution in [0.25, 0.3) is 0 Å². The summed E-state index contributed by atoms with van der Waals surface area (Å²) in [7, 11) is 1.68. The molecule has 0 saturated carbocycles. The first-order valence-corrected chi connectivity index (χ1v) is 6.22. The summed E-state index contributed by atoms with van der Waals surface area (Å²) < 4.78 is 0. The molecule has 0 saturated heterocycles. The molecule has 0 aliphatic heterocycles. The lowest BCUT2D eigenvalue weighted by Crippen LogP contribution is -1.97. The number of nitro groups is 1. The second-order valence-corrected chi connectivity index (χ2v) is 4.69. The van der Waals surface area contributed by atoms with Crippen LogP contribution in [0.5, 0.6) is 0 Å². The van der Waals surface area contributed by atoms with Crippen molar-refractivity contribution in [2.45, 2.75) is 9.79 Å². The Morgan fingerprint density at radius 3 is 2.44 bits per heavy atom. The quantitative estimate of drug-likeness (QED) is 0.671. The fourth-order valence-electron chi connectivity index (χ4n) is 1.61. The van der Waals surface area contributed by atoms with Gasteiger partial charge in [-0.1, -0.05) is 36.0 Å². The Labute approximate surface area is 109 Å². The zero-order valence-electron chi connectivity index (χ0n) is 9.79. The maximum absolute atomic E-state index is 11.1. The number of anilines is 1. The van der Waals surface area contributed by atoms with Gasteiger partial charge >= 0.3 is 5.69 Å². The zero-order valence-corrected chi connectivity index (χ0v) is 10.6. The van der Waals surface area contributed by atoms with Crippen LogP contribution in [0.2, 0.25) is 0 Å². The monoisotopic (exact) mass is 260 g/mol. The van der Waals surface area contributed by atoms with Crippen molar-refractivity contribution in [2.75, 3.05) is 12.4 Å². The van der Waals surface area contributed by atoms with E-state index >= 15 is 0 Å².